The molecular formula is C34H23N. The molecule has 7 aromatic rings. The highest BCUT2D eigenvalue weighted by Crippen LogP contribution is 2.39. The molecule has 1 heteroatoms. The van der Waals surface area contributed by atoms with Crippen molar-refractivity contribution < 1.29 is 0 Å². The van der Waals surface area contributed by atoms with Crippen LogP contribution in [0.2, 0.25) is 0 Å². The summed E-state index contributed by atoms with van der Waals surface area (Å²) in [6.07, 6.45) is 0. The topological polar surface area (TPSA) is 4.93 Å². The summed E-state index contributed by atoms with van der Waals surface area (Å²) in [5, 5.41) is 6.25. The van der Waals surface area contributed by atoms with Gasteiger partial charge in [-0.1, -0.05) is 115 Å². The van der Waals surface area contributed by atoms with Crippen LogP contribution >= 0.6 is 0 Å². The molecular weight excluding hydrogens is 422 g/mol. The fourth-order valence-corrected chi connectivity index (χ4v) is 5.33. The fraction of sp³-hybridized carbons (Fsp3) is 0. The van der Waals surface area contributed by atoms with Gasteiger partial charge in [-0.25, -0.2) is 0 Å². The average Bonchev–Trinajstić information content (AvgIpc) is 3.32. The van der Waals surface area contributed by atoms with E-state index in [9.17, 15) is 0 Å². The van der Waals surface area contributed by atoms with Crippen molar-refractivity contribution in [3.8, 4) is 28.1 Å². The summed E-state index contributed by atoms with van der Waals surface area (Å²) in [6.45, 7) is 0. The molecule has 0 bridgehead atoms. The number of rotatable bonds is 3. The molecule has 1 aromatic heterocycles. The van der Waals surface area contributed by atoms with Crippen LogP contribution in [0.3, 0.4) is 0 Å². The summed E-state index contributed by atoms with van der Waals surface area (Å²) in [4.78, 5) is 0. The third-order valence-corrected chi connectivity index (χ3v) is 6.96. The lowest BCUT2D eigenvalue weighted by Gasteiger charge is -2.17. The number of nitrogens with zero attached hydrogens (tertiary/aromatic N) is 1. The van der Waals surface area contributed by atoms with Crippen molar-refractivity contribution in [2.45, 2.75) is 0 Å². The molecule has 1 nitrogen and oxygen atoms in total. The molecule has 0 saturated heterocycles. The quantitative estimate of drug-likeness (QED) is 0.255. The lowest BCUT2D eigenvalue weighted by Crippen LogP contribution is -1.99. The van der Waals surface area contributed by atoms with Crippen molar-refractivity contribution in [3.63, 3.8) is 0 Å². The van der Waals surface area contributed by atoms with E-state index in [1.165, 1.54) is 60.5 Å². The Labute approximate surface area is 204 Å². The Hall–Kier alpha value is -4.62. The first-order chi connectivity index (χ1) is 17.4. The van der Waals surface area contributed by atoms with Crippen molar-refractivity contribution in [3.05, 3.63) is 140 Å². The minimum atomic E-state index is 1.20. The van der Waals surface area contributed by atoms with E-state index in [-0.39, 0.29) is 0 Å². The smallest absolute Gasteiger partial charge is 0.0547 e. The molecule has 6 aromatic carbocycles. The van der Waals surface area contributed by atoms with E-state index in [1.54, 1.807) is 0 Å². The van der Waals surface area contributed by atoms with E-state index in [4.69, 9.17) is 0 Å². The second-order valence-electron chi connectivity index (χ2n) is 9.03. The van der Waals surface area contributed by atoms with Crippen LogP contribution in [-0.2, 0) is 0 Å². The van der Waals surface area contributed by atoms with Crippen molar-refractivity contribution in [2.75, 3.05) is 0 Å². The minimum absolute atomic E-state index is 1.20. The molecule has 7 rings (SSSR count). The van der Waals surface area contributed by atoms with Gasteiger partial charge in [0.05, 0.1) is 16.9 Å². The molecule has 0 amide bonds. The van der Waals surface area contributed by atoms with Crippen LogP contribution in [0.25, 0.3) is 60.5 Å². The van der Waals surface area contributed by atoms with E-state index in [0.29, 0.717) is 0 Å². The van der Waals surface area contributed by atoms with Crippen LogP contribution in [0.5, 0.6) is 0 Å². The van der Waals surface area contributed by atoms with Gasteiger partial charge in [-0.3, -0.25) is 0 Å². The Bertz CT molecular complexity index is 1830. The zero-order valence-electron chi connectivity index (χ0n) is 19.2. The van der Waals surface area contributed by atoms with Gasteiger partial charge in [0.15, 0.2) is 0 Å². The highest BCUT2D eigenvalue weighted by atomic mass is 15.0. The number of hydrogen-bond acceptors (Lipinski definition) is 0. The molecule has 0 N–H and O–H groups in total. The number of hydrogen-bond donors (Lipinski definition) is 0. The van der Waals surface area contributed by atoms with Crippen LogP contribution in [-0.4, -0.2) is 4.57 Å². The number of fused-ring (bicyclic) bond motifs is 3. The van der Waals surface area contributed by atoms with Gasteiger partial charge in [0.1, 0.15) is 0 Å². The standard InChI is InChI=1S/C34H23N/c1-2-11-24(12-3-1)28-21-26-14-5-8-18-30(26)33(23-28)35-32-20-9-6-15-27(32)22-34(35)31-19-10-16-25-13-4-7-17-29(25)31/h1-23H. The van der Waals surface area contributed by atoms with Gasteiger partial charge in [0.25, 0.3) is 0 Å². The van der Waals surface area contributed by atoms with Gasteiger partial charge in [-0.05, 0) is 51.6 Å². The molecule has 35 heavy (non-hydrogen) atoms. The lowest BCUT2D eigenvalue weighted by atomic mass is 9.98. The second-order valence-corrected chi connectivity index (χ2v) is 9.03. The number of aromatic nitrogens is 1. The van der Waals surface area contributed by atoms with Crippen LogP contribution < -0.4 is 0 Å². The second kappa shape index (κ2) is 8.00. The molecule has 164 valence electrons. The monoisotopic (exact) mass is 445 g/mol. The Morgan fingerprint density at radius 3 is 1.91 bits per heavy atom. The van der Waals surface area contributed by atoms with Gasteiger partial charge in [-0.15, -0.1) is 0 Å². The van der Waals surface area contributed by atoms with Gasteiger partial charge < -0.3 is 4.57 Å². The summed E-state index contributed by atoms with van der Waals surface area (Å²) >= 11 is 0. The summed E-state index contributed by atoms with van der Waals surface area (Å²) in [7, 11) is 0. The summed E-state index contributed by atoms with van der Waals surface area (Å²) in [5.74, 6) is 0. The normalized spacial score (nSPS) is 11.4. The van der Waals surface area contributed by atoms with Gasteiger partial charge >= 0.3 is 0 Å². The van der Waals surface area contributed by atoms with Crippen molar-refractivity contribution in [2.24, 2.45) is 0 Å². The van der Waals surface area contributed by atoms with Crippen molar-refractivity contribution in [1.82, 2.24) is 4.57 Å². The van der Waals surface area contributed by atoms with Crippen LogP contribution in [0.15, 0.2) is 140 Å². The molecule has 0 aliphatic heterocycles. The maximum Gasteiger partial charge on any atom is 0.0547 e. The van der Waals surface area contributed by atoms with Gasteiger partial charge in [0.2, 0.25) is 0 Å². The van der Waals surface area contributed by atoms with Crippen LogP contribution in [0, 0.1) is 0 Å². The molecule has 0 aliphatic rings. The Morgan fingerprint density at radius 1 is 0.400 bits per heavy atom. The summed E-state index contributed by atoms with van der Waals surface area (Å²) < 4.78 is 2.45. The number of para-hydroxylation sites is 1. The summed E-state index contributed by atoms with van der Waals surface area (Å²) in [5.41, 5.74) is 7.31. The molecule has 0 radical (unpaired) electrons. The van der Waals surface area contributed by atoms with Gasteiger partial charge in [-0.2, -0.15) is 0 Å². The Balaban J connectivity index is 1.62. The van der Waals surface area contributed by atoms with E-state index in [1.807, 2.05) is 0 Å². The third-order valence-electron chi connectivity index (χ3n) is 6.96. The molecule has 0 unspecified atom stereocenters. The number of benzene rings is 6. The molecule has 0 spiro atoms. The van der Waals surface area contributed by atoms with Crippen LogP contribution in [0.4, 0.5) is 0 Å². The zero-order valence-corrected chi connectivity index (χ0v) is 19.2. The summed E-state index contributed by atoms with van der Waals surface area (Å²) in [6, 6.07) is 50.3. The molecule has 0 saturated carbocycles. The molecule has 0 aliphatic carbocycles. The van der Waals surface area contributed by atoms with Gasteiger partial charge in [0, 0.05) is 16.3 Å². The maximum atomic E-state index is 2.45. The van der Waals surface area contributed by atoms with E-state index >= 15 is 0 Å². The highest BCUT2D eigenvalue weighted by molar-refractivity contribution is 6.02. The SMILES string of the molecule is c1ccc(-c2cc(-n3c(-c4cccc5ccccc45)cc4ccccc43)c3ccccc3c2)cc1. The highest BCUT2D eigenvalue weighted by Gasteiger charge is 2.17. The predicted octanol–water partition coefficient (Wildman–Crippen LogP) is 9.27. The van der Waals surface area contributed by atoms with E-state index < -0.39 is 0 Å². The first kappa shape index (κ1) is 19.8. The maximum absolute atomic E-state index is 2.45. The lowest BCUT2D eigenvalue weighted by molar-refractivity contribution is 1.15. The van der Waals surface area contributed by atoms with E-state index in [0.717, 1.165) is 0 Å². The fourth-order valence-electron chi connectivity index (χ4n) is 5.33. The molecule has 0 atom stereocenters. The van der Waals surface area contributed by atoms with Crippen molar-refractivity contribution in [1.29, 1.82) is 0 Å². The Kier molecular flexibility index (Phi) is 4.53. The third kappa shape index (κ3) is 3.25. The van der Waals surface area contributed by atoms with Crippen molar-refractivity contribution >= 4 is 32.4 Å². The largest absolute Gasteiger partial charge is 0.309 e. The first-order valence-corrected chi connectivity index (χ1v) is 12.0. The zero-order chi connectivity index (χ0) is 23.2. The first-order valence-electron chi connectivity index (χ1n) is 12.0. The molecule has 0 fully saturated rings. The predicted molar refractivity (Wildman–Crippen MR) is 149 cm³/mol. The van der Waals surface area contributed by atoms with Crippen LogP contribution in [0.1, 0.15) is 0 Å². The van der Waals surface area contributed by atoms with E-state index in [2.05, 4.69) is 144 Å². The average molecular weight is 446 g/mol. The minimum Gasteiger partial charge on any atom is -0.309 e. The molecule has 1 heterocycles. The Morgan fingerprint density at radius 2 is 1.06 bits per heavy atom.